The van der Waals surface area contributed by atoms with Gasteiger partial charge in [-0.1, -0.05) is 23.0 Å². The molecule has 172 valence electrons. The maximum Gasteiger partial charge on any atom is 0.278 e. The lowest BCUT2D eigenvalue weighted by molar-refractivity contribution is -0.114. The summed E-state index contributed by atoms with van der Waals surface area (Å²) in [6.45, 7) is 1.42. The molecule has 0 saturated carbocycles. The van der Waals surface area contributed by atoms with E-state index in [0.29, 0.717) is 33.7 Å². The summed E-state index contributed by atoms with van der Waals surface area (Å²) in [4.78, 5) is 32.9. The fourth-order valence-corrected chi connectivity index (χ4v) is 3.90. The second kappa shape index (κ2) is 10.6. The van der Waals surface area contributed by atoms with Crippen LogP contribution in [0.5, 0.6) is 5.75 Å². The van der Waals surface area contributed by atoms with Gasteiger partial charge in [0.05, 0.1) is 18.5 Å². The third-order valence-electron chi connectivity index (χ3n) is 4.62. The zero-order chi connectivity index (χ0) is 23.9. The Morgan fingerprint density at radius 3 is 2.38 bits per heavy atom. The number of methoxy groups -OCH3 is 1. The van der Waals surface area contributed by atoms with Gasteiger partial charge in [0.25, 0.3) is 5.91 Å². The number of thioether (sulfide) groups is 1. The van der Waals surface area contributed by atoms with Crippen LogP contribution in [0.1, 0.15) is 23.1 Å². The van der Waals surface area contributed by atoms with E-state index in [2.05, 4.69) is 30.9 Å². The molecular weight excluding hydrogens is 454 g/mol. The van der Waals surface area contributed by atoms with Crippen molar-refractivity contribution in [1.82, 2.24) is 25.0 Å². The quantitative estimate of drug-likeness (QED) is 0.293. The highest BCUT2D eigenvalue weighted by Crippen LogP contribution is 2.25. The molecule has 2 heterocycles. The highest BCUT2D eigenvalue weighted by molar-refractivity contribution is 7.98. The van der Waals surface area contributed by atoms with E-state index in [4.69, 9.17) is 4.74 Å². The Bertz CT molecular complexity index is 1290. The van der Waals surface area contributed by atoms with Crippen molar-refractivity contribution < 1.29 is 14.3 Å². The average molecular weight is 476 g/mol. The van der Waals surface area contributed by atoms with Gasteiger partial charge in [0.1, 0.15) is 5.75 Å². The molecule has 0 saturated heterocycles. The molecule has 11 heteroatoms. The number of carbonyl (C=O) groups is 2. The predicted molar refractivity (Wildman–Crippen MR) is 128 cm³/mol. The topological polar surface area (TPSA) is 124 Å². The first-order chi connectivity index (χ1) is 16.5. The number of aromatic nitrogens is 5. The number of rotatable bonds is 8. The number of nitrogens with one attached hydrogen (secondary N) is 2. The van der Waals surface area contributed by atoms with Crippen LogP contribution in [0.3, 0.4) is 0 Å². The van der Waals surface area contributed by atoms with E-state index < -0.39 is 5.91 Å². The SMILES string of the molecule is COc1ccc(-n2nnc(C(=O)Nc3cccc(NC(C)=O)c3)c2CSc2ncccn2)cc1. The number of hydrogen-bond acceptors (Lipinski definition) is 8. The molecule has 4 aromatic rings. The molecule has 0 aliphatic carbocycles. The highest BCUT2D eigenvalue weighted by Gasteiger charge is 2.22. The van der Waals surface area contributed by atoms with Crippen molar-refractivity contribution in [3.8, 4) is 11.4 Å². The van der Waals surface area contributed by atoms with E-state index in [0.717, 1.165) is 5.69 Å². The van der Waals surface area contributed by atoms with Crippen LogP contribution in [-0.2, 0) is 10.5 Å². The Morgan fingerprint density at radius 2 is 1.71 bits per heavy atom. The number of amides is 2. The Balaban J connectivity index is 1.63. The molecule has 0 aliphatic rings. The third kappa shape index (κ3) is 5.56. The second-order valence-electron chi connectivity index (χ2n) is 7.03. The Hall–Kier alpha value is -4.25. The lowest BCUT2D eigenvalue weighted by atomic mass is 10.2. The number of anilines is 2. The molecule has 0 fully saturated rings. The van der Waals surface area contributed by atoms with Crippen molar-refractivity contribution in [2.75, 3.05) is 17.7 Å². The third-order valence-corrected chi connectivity index (χ3v) is 5.50. The molecule has 0 bridgehead atoms. The molecule has 0 aliphatic heterocycles. The zero-order valence-corrected chi connectivity index (χ0v) is 19.2. The van der Waals surface area contributed by atoms with Crippen LogP contribution in [0.2, 0.25) is 0 Å². The van der Waals surface area contributed by atoms with E-state index in [1.54, 1.807) is 54.5 Å². The van der Waals surface area contributed by atoms with E-state index in [9.17, 15) is 9.59 Å². The van der Waals surface area contributed by atoms with E-state index in [1.807, 2.05) is 24.3 Å². The van der Waals surface area contributed by atoms with Gasteiger partial charge in [-0.15, -0.1) is 5.10 Å². The van der Waals surface area contributed by atoms with Crippen molar-refractivity contribution in [2.24, 2.45) is 0 Å². The van der Waals surface area contributed by atoms with Crippen molar-refractivity contribution in [3.63, 3.8) is 0 Å². The summed E-state index contributed by atoms with van der Waals surface area (Å²) in [6.07, 6.45) is 3.31. The minimum absolute atomic E-state index is 0.171. The minimum atomic E-state index is -0.427. The zero-order valence-electron chi connectivity index (χ0n) is 18.4. The van der Waals surface area contributed by atoms with Gasteiger partial charge in [-0.25, -0.2) is 14.6 Å². The van der Waals surface area contributed by atoms with Crippen molar-refractivity contribution in [3.05, 3.63) is 78.4 Å². The van der Waals surface area contributed by atoms with Gasteiger partial charge in [-0.3, -0.25) is 9.59 Å². The number of hydrogen-bond donors (Lipinski definition) is 2. The molecule has 0 atom stereocenters. The van der Waals surface area contributed by atoms with E-state index in [1.165, 1.54) is 18.7 Å². The van der Waals surface area contributed by atoms with E-state index >= 15 is 0 Å². The summed E-state index contributed by atoms with van der Waals surface area (Å²) in [5.74, 6) is 0.435. The number of benzene rings is 2. The van der Waals surface area contributed by atoms with Crippen LogP contribution >= 0.6 is 11.8 Å². The fourth-order valence-electron chi connectivity index (χ4n) is 3.10. The fraction of sp³-hybridized carbons (Fsp3) is 0.130. The molecule has 4 rings (SSSR count). The van der Waals surface area contributed by atoms with Crippen LogP contribution in [0.4, 0.5) is 11.4 Å². The molecule has 10 nitrogen and oxygen atoms in total. The van der Waals surface area contributed by atoms with Gasteiger partial charge < -0.3 is 15.4 Å². The maximum atomic E-state index is 13.2. The minimum Gasteiger partial charge on any atom is -0.497 e. The van der Waals surface area contributed by atoms with Crippen LogP contribution in [0.25, 0.3) is 5.69 Å². The molecule has 2 aromatic heterocycles. The molecule has 34 heavy (non-hydrogen) atoms. The van der Waals surface area contributed by atoms with Crippen molar-refractivity contribution in [2.45, 2.75) is 17.8 Å². The molecule has 2 aromatic carbocycles. The summed E-state index contributed by atoms with van der Waals surface area (Å²) in [5, 5.41) is 14.5. The van der Waals surface area contributed by atoms with Crippen LogP contribution < -0.4 is 15.4 Å². The molecule has 2 amide bonds. The van der Waals surface area contributed by atoms with Gasteiger partial charge in [-0.2, -0.15) is 0 Å². The first kappa shape index (κ1) is 22.9. The maximum absolute atomic E-state index is 13.2. The number of nitrogens with zero attached hydrogens (tertiary/aromatic N) is 5. The van der Waals surface area contributed by atoms with Crippen molar-refractivity contribution >= 4 is 35.0 Å². The summed E-state index contributed by atoms with van der Waals surface area (Å²) in [6, 6.07) is 15.9. The smallest absolute Gasteiger partial charge is 0.278 e. The second-order valence-corrected chi connectivity index (χ2v) is 7.97. The first-order valence-electron chi connectivity index (χ1n) is 10.2. The highest BCUT2D eigenvalue weighted by atomic mass is 32.2. The van der Waals surface area contributed by atoms with Gasteiger partial charge in [-0.05, 0) is 48.5 Å². The Morgan fingerprint density at radius 1 is 1.00 bits per heavy atom. The largest absolute Gasteiger partial charge is 0.497 e. The molecule has 0 spiro atoms. The number of ether oxygens (including phenoxy) is 1. The normalized spacial score (nSPS) is 10.5. The molecular formula is C23H21N7O3S. The molecule has 2 N–H and O–H groups in total. The van der Waals surface area contributed by atoms with Crippen LogP contribution in [-0.4, -0.2) is 43.9 Å². The molecule has 0 radical (unpaired) electrons. The van der Waals surface area contributed by atoms with Gasteiger partial charge >= 0.3 is 0 Å². The Labute approximate surface area is 199 Å². The summed E-state index contributed by atoms with van der Waals surface area (Å²) >= 11 is 1.37. The van der Waals surface area contributed by atoms with Gasteiger partial charge in [0, 0.05) is 36.4 Å². The van der Waals surface area contributed by atoms with Gasteiger partial charge in [0.2, 0.25) is 5.91 Å². The predicted octanol–water partition coefficient (Wildman–Crippen LogP) is 3.57. The summed E-state index contributed by atoms with van der Waals surface area (Å²) in [7, 11) is 1.59. The van der Waals surface area contributed by atoms with E-state index in [-0.39, 0.29) is 11.6 Å². The Kier molecular flexibility index (Phi) is 7.13. The lowest BCUT2D eigenvalue weighted by Gasteiger charge is -2.10. The first-order valence-corrected chi connectivity index (χ1v) is 11.2. The van der Waals surface area contributed by atoms with Crippen LogP contribution in [0.15, 0.2) is 72.1 Å². The van der Waals surface area contributed by atoms with Crippen molar-refractivity contribution in [1.29, 1.82) is 0 Å². The van der Waals surface area contributed by atoms with Gasteiger partial charge in [0.15, 0.2) is 10.9 Å². The summed E-state index contributed by atoms with van der Waals surface area (Å²) in [5.41, 5.74) is 2.57. The monoisotopic (exact) mass is 475 g/mol. The lowest BCUT2D eigenvalue weighted by Crippen LogP contribution is -2.15. The average Bonchev–Trinajstić information content (AvgIpc) is 3.27. The summed E-state index contributed by atoms with van der Waals surface area (Å²) < 4.78 is 6.84. The molecule has 0 unspecified atom stereocenters. The standard InChI is InChI=1S/C23H21N7O3S/c1-15(31)26-16-5-3-6-17(13-16)27-22(32)21-20(14-34-23-24-11-4-12-25-23)30(29-28-21)18-7-9-19(33-2)10-8-18/h3-13H,14H2,1-2H3,(H,26,31)(H,27,32). The van der Waals surface area contributed by atoms with Crippen LogP contribution in [0, 0.1) is 0 Å². The number of carbonyl (C=O) groups excluding carboxylic acids is 2.